The van der Waals surface area contributed by atoms with Crippen molar-refractivity contribution in [3.63, 3.8) is 0 Å². The Morgan fingerprint density at radius 2 is 2.00 bits per heavy atom. The highest BCUT2D eigenvalue weighted by molar-refractivity contribution is 5.83. The topological polar surface area (TPSA) is 55.6 Å². The number of carbonyl (C=O) groups excluding carboxylic acids is 1. The summed E-state index contributed by atoms with van der Waals surface area (Å²) in [6.45, 7) is 0. The molecular weight excluding hydrogens is 142 g/mol. The summed E-state index contributed by atoms with van der Waals surface area (Å²) >= 11 is 0. The van der Waals surface area contributed by atoms with Crippen molar-refractivity contribution in [3.05, 3.63) is 0 Å². The minimum atomic E-state index is -0.285. The largest absolute Gasteiger partial charge is 0.367 e. The van der Waals surface area contributed by atoms with Crippen LogP contribution in [0.3, 0.4) is 0 Å². The lowest BCUT2D eigenvalue weighted by atomic mass is 9.86. The van der Waals surface area contributed by atoms with Gasteiger partial charge >= 0.3 is 0 Å². The van der Waals surface area contributed by atoms with Crippen molar-refractivity contribution in [2.45, 2.75) is 43.8 Å². The van der Waals surface area contributed by atoms with Gasteiger partial charge in [0.05, 0.1) is 0 Å². The van der Waals surface area contributed by atoms with E-state index in [1.165, 1.54) is 19.3 Å². The third kappa shape index (κ3) is 1.03. The van der Waals surface area contributed by atoms with E-state index in [2.05, 4.69) is 0 Å². The lowest BCUT2D eigenvalue weighted by molar-refractivity contribution is -0.119. The molecule has 2 fully saturated rings. The fourth-order valence-corrected chi connectivity index (χ4v) is 2.05. The van der Waals surface area contributed by atoms with E-state index in [0.29, 0.717) is 0 Å². The number of hydrogen-bond donors (Lipinski definition) is 1. The number of primary amides is 1. The van der Waals surface area contributed by atoms with Gasteiger partial charge in [-0.3, -0.25) is 4.79 Å². The smallest absolute Gasteiger partial charge is 0.249 e. The summed E-state index contributed by atoms with van der Waals surface area (Å²) in [4.78, 5) is 10.7. The zero-order valence-corrected chi connectivity index (χ0v) is 6.51. The molecule has 2 rings (SSSR count). The molecule has 11 heavy (non-hydrogen) atoms. The maximum absolute atomic E-state index is 10.7. The van der Waals surface area contributed by atoms with E-state index in [1.807, 2.05) is 0 Å². The summed E-state index contributed by atoms with van der Waals surface area (Å²) < 4.78 is 5.33. The van der Waals surface area contributed by atoms with Crippen LogP contribution in [0.2, 0.25) is 0 Å². The van der Waals surface area contributed by atoms with Crippen LogP contribution in [0.4, 0.5) is 0 Å². The van der Waals surface area contributed by atoms with Crippen molar-refractivity contribution in [2.24, 2.45) is 5.73 Å². The van der Waals surface area contributed by atoms with E-state index in [9.17, 15) is 4.79 Å². The minimum Gasteiger partial charge on any atom is -0.367 e. The van der Waals surface area contributed by atoms with Gasteiger partial charge in [-0.1, -0.05) is 19.3 Å². The van der Waals surface area contributed by atoms with Crippen LogP contribution in [0.25, 0.3) is 0 Å². The Hall–Kier alpha value is -0.570. The van der Waals surface area contributed by atoms with E-state index in [0.717, 1.165) is 12.8 Å². The molecule has 0 aromatic rings. The molecule has 1 amide bonds. The Balaban J connectivity index is 1.99. The molecule has 0 radical (unpaired) electrons. The minimum absolute atomic E-state index is 0.107. The zero-order valence-electron chi connectivity index (χ0n) is 6.51. The molecule has 1 heterocycles. The summed E-state index contributed by atoms with van der Waals surface area (Å²) in [6.07, 6.45) is 5.44. The average molecular weight is 155 g/mol. The van der Waals surface area contributed by atoms with Crippen LogP contribution in [-0.4, -0.2) is 17.6 Å². The second-order valence-electron chi connectivity index (χ2n) is 3.53. The molecule has 1 atom stereocenters. The van der Waals surface area contributed by atoms with Gasteiger partial charge in [-0.25, -0.2) is 0 Å². The van der Waals surface area contributed by atoms with E-state index < -0.39 is 0 Å². The Kier molecular flexibility index (Phi) is 1.42. The number of nitrogens with two attached hydrogens (primary N) is 1. The first kappa shape index (κ1) is 7.10. The quantitative estimate of drug-likeness (QED) is 0.563. The molecule has 1 spiro atoms. The lowest BCUT2D eigenvalue weighted by Gasteiger charge is -2.17. The van der Waals surface area contributed by atoms with Crippen molar-refractivity contribution in [2.75, 3.05) is 0 Å². The van der Waals surface area contributed by atoms with E-state index in [1.54, 1.807) is 0 Å². The van der Waals surface area contributed by atoms with E-state index in [-0.39, 0.29) is 17.6 Å². The van der Waals surface area contributed by atoms with Gasteiger partial charge in [0.2, 0.25) is 5.91 Å². The number of hydrogen-bond acceptors (Lipinski definition) is 2. The molecule has 0 aromatic heterocycles. The second-order valence-corrected chi connectivity index (χ2v) is 3.53. The fourth-order valence-electron chi connectivity index (χ4n) is 2.05. The SMILES string of the molecule is NC(=O)[C@H]1OC12CCCCC2. The van der Waals surface area contributed by atoms with Gasteiger partial charge in [-0.15, -0.1) is 0 Å². The molecule has 1 saturated carbocycles. The third-order valence-corrected chi connectivity index (χ3v) is 2.73. The first-order valence-electron chi connectivity index (χ1n) is 4.22. The van der Waals surface area contributed by atoms with Crippen LogP contribution < -0.4 is 5.73 Å². The molecule has 3 nitrogen and oxygen atoms in total. The van der Waals surface area contributed by atoms with Crippen LogP contribution in [0.1, 0.15) is 32.1 Å². The molecule has 3 heteroatoms. The average Bonchev–Trinajstić information content (AvgIpc) is 2.66. The maximum atomic E-state index is 10.7. The van der Waals surface area contributed by atoms with Crippen molar-refractivity contribution in [1.82, 2.24) is 0 Å². The Morgan fingerprint density at radius 3 is 2.45 bits per heavy atom. The van der Waals surface area contributed by atoms with Crippen LogP contribution in [0.5, 0.6) is 0 Å². The number of ether oxygens (including phenoxy) is 1. The zero-order chi connectivity index (χ0) is 7.90. The maximum Gasteiger partial charge on any atom is 0.249 e. The van der Waals surface area contributed by atoms with Gasteiger partial charge in [-0.05, 0) is 12.8 Å². The van der Waals surface area contributed by atoms with Crippen molar-refractivity contribution in [1.29, 1.82) is 0 Å². The molecule has 1 aliphatic carbocycles. The molecule has 1 aliphatic heterocycles. The molecular formula is C8H13NO2. The number of epoxide rings is 1. The normalized spacial score (nSPS) is 33.6. The van der Waals surface area contributed by atoms with Gasteiger partial charge in [0, 0.05) is 0 Å². The summed E-state index contributed by atoms with van der Waals surface area (Å²) in [5.41, 5.74) is 5.03. The Labute approximate surface area is 65.9 Å². The predicted octanol–water partition coefficient (Wildman–Crippen LogP) is 0.573. The van der Waals surface area contributed by atoms with E-state index >= 15 is 0 Å². The fraction of sp³-hybridized carbons (Fsp3) is 0.875. The third-order valence-electron chi connectivity index (χ3n) is 2.73. The molecule has 1 saturated heterocycles. The monoisotopic (exact) mass is 155 g/mol. The van der Waals surface area contributed by atoms with Gasteiger partial charge in [0.25, 0.3) is 0 Å². The molecule has 0 aromatic carbocycles. The molecule has 0 bridgehead atoms. The molecule has 62 valence electrons. The summed E-state index contributed by atoms with van der Waals surface area (Å²) in [5, 5.41) is 0. The standard InChI is InChI=1S/C8H13NO2/c9-7(10)6-8(11-6)4-2-1-3-5-8/h6H,1-5H2,(H2,9,10)/t6-/m1/s1. The summed E-state index contributed by atoms with van der Waals surface area (Å²) in [7, 11) is 0. The summed E-state index contributed by atoms with van der Waals surface area (Å²) in [6, 6.07) is 0. The van der Waals surface area contributed by atoms with Gasteiger partial charge in [-0.2, -0.15) is 0 Å². The van der Waals surface area contributed by atoms with Gasteiger partial charge in [0.1, 0.15) is 5.60 Å². The predicted molar refractivity (Wildman–Crippen MR) is 39.9 cm³/mol. The van der Waals surface area contributed by atoms with Crippen LogP contribution in [0, 0.1) is 0 Å². The second kappa shape index (κ2) is 2.21. The van der Waals surface area contributed by atoms with Gasteiger partial charge in [0.15, 0.2) is 6.10 Å². The highest BCUT2D eigenvalue weighted by Gasteiger charge is 2.59. The van der Waals surface area contributed by atoms with Crippen molar-refractivity contribution >= 4 is 5.91 Å². The summed E-state index contributed by atoms with van der Waals surface area (Å²) in [5.74, 6) is -0.285. The Bertz CT molecular complexity index is 185. The first-order valence-corrected chi connectivity index (χ1v) is 4.22. The number of rotatable bonds is 1. The van der Waals surface area contributed by atoms with Crippen molar-refractivity contribution < 1.29 is 9.53 Å². The number of amides is 1. The van der Waals surface area contributed by atoms with E-state index in [4.69, 9.17) is 10.5 Å². The highest BCUT2D eigenvalue weighted by atomic mass is 16.6. The lowest BCUT2D eigenvalue weighted by Crippen LogP contribution is -2.28. The van der Waals surface area contributed by atoms with Crippen molar-refractivity contribution in [3.8, 4) is 0 Å². The molecule has 2 N–H and O–H groups in total. The Morgan fingerprint density at radius 1 is 1.36 bits per heavy atom. The molecule has 2 aliphatic rings. The van der Waals surface area contributed by atoms with Crippen LogP contribution >= 0.6 is 0 Å². The highest BCUT2D eigenvalue weighted by Crippen LogP contribution is 2.47. The van der Waals surface area contributed by atoms with Gasteiger partial charge < -0.3 is 10.5 Å². The number of carbonyl (C=O) groups is 1. The molecule has 0 unspecified atom stereocenters. The van der Waals surface area contributed by atoms with Crippen LogP contribution in [-0.2, 0) is 9.53 Å². The van der Waals surface area contributed by atoms with Crippen LogP contribution in [0.15, 0.2) is 0 Å². The first-order chi connectivity index (χ1) is 5.25.